The minimum atomic E-state index is -2.86. The zero-order valence-corrected chi connectivity index (χ0v) is 14.7. The summed E-state index contributed by atoms with van der Waals surface area (Å²) < 4.78 is 40.0. The molecule has 0 bridgehead atoms. The summed E-state index contributed by atoms with van der Waals surface area (Å²) >= 11 is 0. The molecule has 2 aromatic rings. The highest BCUT2D eigenvalue weighted by Crippen LogP contribution is 2.30. The molecule has 0 fully saturated rings. The fraction of sp³-hybridized carbons (Fsp3) is 0.316. The molecule has 2 amide bonds. The van der Waals surface area contributed by atoms with Gasteiger partial charge in [0.25, 0.3) is 0 Å². The average molecular weight is 378 g/mol. The first-order chi connectivity index (χ1) is 13.0. The van der Waals surface area contributed by atoms with Gasteiger partial charge in [-0.15, -0.1) is 0 Å². The minimum absolute atomic E-state index is 0.0792. The largest absolute Gasteiger partial charge is 0.486 e. The quantitative estimate of drug-likeness (QED) is 0.838. The van der Waals surface area contributed by atoms with E-state index in [0.717, 1.165) is 5.56 Å². The molecule has 1 heterocycles. The van der Waals surface area contributed by atoms with Crippen LogP contribution < -0.4 is 19.5 Å². The van der Waals surface area contributed by atoms with Crippen molar-refractivity contribution in [1.82, 2.24) is 10.2 Å². The highest BCUT2D eigenvalue weighted by atomic mass is 19.3. The van der Waals surface area contributed by atoms with Crippen LogP contribution >= 0.6 is 0 Å². The van der Waals surface area contributed by atoms with Gasteiger partial charge in [0.05, 0.1) is 6.54 Å². The summed E-state index contributed by atoms with van der Waals surface area (Å²) in [4.78, 5) is 13.7. The van der Waals surface area contributed by atoms with Gasteiger partial charge in [-0.05, 0) is 29.8 Å². The lowest BCUT2D eigenvalue weighted by molar-refractivity contribution is -0.0498. The Labute approximate surface area is 155 Å². The number of hydrogen-bond donors (Lipinski definition) is 1. The molecule has 1 N–H and O–H groups in total. The second-order valence-electron chi connectivity index (χ2n) is 6.06. The molecule has 8 heteroatoms. The van der Waals surface area contributed by atoms with Crippen LogP contribution in [-0.2, 0) is 6.54 Å². The van der Waals surface area contributed by atoms with Crippen LogP contribution in [-0.4, -0.2) is 43.8 Å². The van der Waals surface area contributed by atoms with Crippen molar-refractivity contribution in [1.29, 1.82) is 0 Å². The zero-order chi connectivity index (χ0) is 19.2. The van der Waals surface area contributed by atoms with Gasteiger partial charge in [-0.3, -0.25) is 0 Å². The van der Waals surface area contributed by atoms with Crippen LogP contribution in [0.15, 0.2) is 48.5 Å². The number of para-hydroxylation sites is 2. The predicted molar refractivity (Wildman–Crippen MR) is 94.3 cm³/mol. The van der Waals surface area contributed by atoms with Gasteiger partial charge in [0.2, 0.25) is 0 Å². The Morgan fingerprint density at radius 2 is 1.93 bits per heavy atom. The van der Waals surface area contributed by atoms with Crippen molar-refractivity contribution >= 4 is 6.03 Å². The number of carbonyl (C=O) groups excluding carboxylic acids is 1. The van der Waals surface area contributed by atoms with E-state index in [1.807, 2.05) is 24.3 Å². The van der Waals surface area contributed by atoms with Crippen LogP contribution in [0.1, 0.15) is 5.56 Å². The number of amides is 2. The molecule has 1 aliphatic heterocycles. The molecular formula is C19H20F2N2O4. The Balaban J connectivity index is 1.45. The first kappa shape index (κ1) is 18.8. The monoisotopic (exact) mass is 378 g/mol. The highest BCUT2D eigenvalue weighted by molar-refractivity contribution is 5.73. The van der Waals surface area contributed by atoms with E-state index < -0.39 is 6.61 Å². The van der Waals surface area contributed by atoms with Crippen molar-refractivity contribution in [2.45, 2.75) is 19.3 Å². The molecule has 0 saturated heterocycles. The fourth-order valence-electron chi connectivity index (χ4n) is 2.62. The molecule has 0 spiro atoms. The van der Waals surface area contributed by atoms with Gasteiger partial charge in [-0.25, -0.2) is 4.79 Å². The number of urea groups is 1. The smallest absolute Gasteiger partial charge is 0.387 e. The number of fused-ring (bicyclic) bond motifs is 1. The fourth-order valence-corrected chi connectivity index (χ4v) is 2.62. The summed E-state index contributed by atoms with van der Waals surface area (Å²) in [6.45, 7) is -1.88. The van der Waals surface area contributed by atoms with Gasteiger partial charge < -0.3 is 24.4 Å². The first-order valence-corrected chi connectivity index (χ1v) is 8.42. The first-order valence-electron chi connectivity index (χ1n) is 8.42. The molecule has 6 nitrogen and oxygen atoms in total. The molecule has 0 radical (unpaired) electrons. The molecule has 3 rings (SSSR count). The minimum Gasteiger partial charge on any atom is -0.486 e. The molecule has 0 saturated carbocycles. The summed E-state index contributed by atoms with van der Waals surface area (Å²) in [6.07, 6.45) is -0.275. The number of benzene rings is 2. The number of carbonyl (C=O) groups is 1. The van der Waals surface area contributed by atoms with Gasteiger partial charge in [0, 0.05) is 13.6 Å². The number of rotatable bonds is 6. The predicted octanol–water partition coefficient (Wildman–Crippen LogP) is 3.27. The van der Waals surface area contributed by atoms with Gasteiger partial charge in [0.15, 0.2) is 17.6 Å². The van der Waals surface area contributed by atoms with Crippen molar-refractivity contribution in [2.75, 3.05) is 20.2 Å². The van der Waals surface area contributed by atoms with Crippen LogP contribution in [0.3, 0.4) is 0 Å². The van der Waals surface area contributed by atoms with Crippen LogP contribution in [0.2, 0.25) is 0 Å². The molecular weight excluding hydrogens is 358 g/mol. The normalized spacial score (nSPS) is 15.3. The highest BCUT2D eigenvalue weighted by Gasteiger charge is 2.21. The number of nitrogens with zero attached hydrogens (tertiary/aromatic N) is 1. The number of nitrogens with one attached hydrogen (secondary N) is 1. The van der Waals surface area contributed by atoms with Crippen molar-refractivity contribution in [3.8, 4) is 17.2 Å². The molecule has 0 aliphatic carbocycles. The van der Waals surface area contributed by atoms with Crippen LogP contribution in [0.5, 0.6) is 17.2 Å². The van der Waals surface area contributed by atoms with E-state index in [0.29, 0.717) is 31.2 Å². The molecule has 1 unspecified atom stereocenters. The topological polar surface area (TPSA) is 60.0 Å². The lowest BCUT2D eigenvalue weighted by Crippen LogP contribution is -2.44. The lowest BCUT2D eigenvalue weighted by Gasteiger charge is -2.27. The summed E-state index contributed by atoms with van der Waals surface area (Å²) in [7, 11) is 1.65. The number of halogens is 2. The van der Waals surface area contributed by atoms with Gasteiger partial charge >= 0.3 is 12.6 Å². The van der Waals surface area contributed by atoms with Gasteiger partial charge in [-0.2, -0.15) is 8.78 Å². The maximum absolute atomic E-state index is 12.2. The van der Waals surface area contributed by atoms with E-state index in [4.69, 9.17) is 9.47 Å². The maximum atomic E-state index is 12.2. The van der Waals surface area contributed by atoms with Crippen LogP contribution in [0.25, 0.3) is 0 Å². The van der Waals surface area contributed by atoms with E-state index in [9.17, 15) is 13.6 Å². The van der Waals surface area contributed by atoms with Crippen molar-refractivity contribution < 1.29 is 27.8 Å². The summed E-state index contributed by atoms with van der Waals surface area (Å²) in [5.74, 6) is 1.43. The van der Waals surface area contributed by atoms with Crippen molar-refractivity contribution in [3.05, 3.63) is 54.1 Å². The van der Waals surface area contributed by atoms with Gasteiger partial charge in [0.1, 0.15) is 12.4 Å². The zero-order valence-electron chi connectivity index (χ0n) is 14.7. The molecule has 1 aliphatic rings. The maximum Gasteiger partial charge on any atom is 0.387 e. The van der Waals surface area contributed by atoms with E-state index >= 15 is 0 Å². The van der Waals surface area contributed by atoms with E-state index in [-0.39, 0.29) is 17.9 Å². The Hall–Kier alpha value is -3.03. The Kier molecular flexibility index (Phi) is 5.95. The third-order valence-corrected chi connectivity index (χ3v) is 3.96. The molecule has 144 valence electrons. The third-order valence-electron chi connectivity index (χ3n) is 3.96. The van der Waals surface area contributed by atoms with Crippen molar-refractivity contribution in [3.63, 3.8) is 0 Å². The third kappa shape index (κ3) is 5.22. The number of ether oxygens (including phenoxy) is 3. The van der Waals surface area contributed by atoms with Crippen molar-refractivity contribution in [2.24, 2.45) is 0 Å². The molecule has 27 heavy (non-hydrogen) atoms. The summed E-state index contributed by atoms with van der Waals surface area (Å²) in [6, 6.07) is 13.3. The summed E-state index contributed by atoms with van der Waals surface area (Å²) in [5.41, 5.74) is 0.792. The Bertz CT molecular complexity index is 771. The molecule has 2 aromatic carbocycles. The summed E-state index contributed by atoms with van der Waals surface area (Å²) in [5, 5.41) is 2.80. The SMILES string of the molecule is CN(Cc1ccc(OC(F)F)cc1)C(=O)NCC1COc2ccccc2O1. The van der Waals surface area contributed by atoms with Crippen LogP contribution in [0, 0.1) is 0 Å². The standard InChI is InChI=1S/C19H20F2N2O4/c1-23(11-13-6-8-14(9-7-13)27-18(20)21)19(24)22-10-15-12-25-16-4-2-3-5-17(16)26-15/h2-9,15,18H,10-12H2,1H3,(H,22,24). The average Bonchev–Trinajstić information content (AvgIpc) is 2.67. The second kappa shape index (κ2) is 8.57. The molecule has 0 aromatic heterocycles. The molecule has 1 atom stereocenters. The lowest BCUT2D eigenvalue weighted by atomic mass is 10.2. The Morgan fingerprint density at radius 3 is 2.63 bits per heavy atom. The van der Waals surface area contributed by atoms with E-state index in [1.54, 1.807) is 19.2 Å². The van der Waals surface area contributed by atoms with E-state index in [2.05, 4.69) is 10.1 Å². The Morgan fingerprint density at radius 1 is 1.22 bits per heavy atom. The van der Waals surface area contributed by atoms with E-state index in [1.165, 1.54) is 17.0 Å². The van der Waals surface area contributed by atoms with Crippen LogP contribution in [0.4, 0.5) is 13.6 Å². The van der Waals surface area contributed by atoms with Gasteiger partial charge in [-0.1, -0.05) is 24.3 Å². The number of alkyl halides is 2. The number of hydrogen-bond acceptors (Lipinski definition) is 4. The second-order valence-corrected chi connectivity index (χ2v) is 6.06.